The summed E-state index contributed by atoms with van der Waals surface area (Å²) in [4.78, 5) is 26.3. The highest BCUT2D eigenvalue weighted by atomic mass is 32.1. The van der Waals surface area contributed by atoms with Gasteiger partial charge in [0.1, 0.15) is 5.82 Å². The van der Waals surface area contributed by atoms with Crippen LogP contribution in [-0.4, -0.2) is 30.3 Å². The summed E-state index contributed by atoms with van der Waals surface area (Å²) in [6.45, 7) is 0.334. The van der Waals surface area contributed by atoms with Crippen molar-refractivity contribution in [3.05, 3.63) is 58.0 Å². The van der Waals surface area contributed by atoms with Crippen LogP contribution in [0, 0.1) is 5.82 Å². The molecule has 1 heterocycles. The standard InChI is InChI=1S/C15H15FN2O2S/c1-18(10-11-5-4-8-21-11)14(19)9-17-15(20)12-6-2-3-7-13(12)16/h2-8H,9-10H2,1H3,(H,17,20). The van der Waals surface area contributed by atoms with Crippen molar-refractivity contribution in [2.75, 3.05) is 13.6 Å². The van der Waals surface area contributed by atoms with Crippen LogP contribution in [0.3, 0.4) is 0 Å². The van der Waals surface area contributed by atoms with Gasteiger partial charge in [-0.05, 0) is 23.6 Å². The number of nitrogens with one attached hydrogen (secondary N) is 1. The van der Waals surface area contributed by atoms with Gasteiger partial charge in [-0.2, -0.15) is 0 Å². The van der Waals surface area contributed by atoms with Gasteiger partial charge in [-0.3, -0.25) is 9.59 Å². The van der Waals surface area contributed by atoms with Gasteiger partial charge in [-0.25, -0.2) is 4.39 Å². The van der Waals surface area contributed by atoms with Crippen molar-refractivity contribution in [1.82, 2.24) is 10.2 Å². The second-order valence-electron chi connectivity index (χ2n) is 4.49. The van der Waals surface area contributed by atoms with E-state index in [0.29, 0.717) is 6.54 Å². The van der Waals surface area contributed by atoms with E-state index in [1.165, 1.54) is 23.1 Å². The number of hydrogen-bond donors (Lipinski definition) is 1. The Kier molecular flexibility index (Phi) is 5.05. The van der Waals surface area contributed by atoms with Crippen molar-refractivity contribution >= 4 is 23.2 Å². The van der Waals surface area contributed by atoms with Crippen LogP contribution < -0.4 is 5.32 Å². The number of amides is 2. The van der Waals surface area contributed by atoms with Crippen LogP contribution in [0.25, 0.3) is 0 Å². The van der Waals surface area contributed by atoms with Crippen LogP contribution >= 0.6 is 11.3 Å². The maximum Gasteiger partial charge on any atom is 0.254 e. The second kappa shape index (κ2) is 6.99. The Labute approximate surface area is 126 Å². The minimum Gasteiger partial charge on any atom is -0.343 e. The van der Waals surface area contributed by atoms with E-state index in [9.17, 15) is 14.0 Å². The number of carbonyl (C=O) groups excluding carboxylic acids is 2. The van der Waals surface area contributed by atoms with Gasteiger partial charge < -0.3 is 10.2 Å². The van der Waals surface area contributed by atoms with Crippen LogP contribution in [-0.2, 0) is 11.3 Å². The number of hydrogen-bond acceptors (Lipinski definition) is 3. The first-order valence-electron chi connectivity index (χ1n) is 6.37. The number of likely N-dealkylation sites (N-methyl/N-ethyl adjacent to an activating group) is 1. The lowest BCUT2D eigenvalue weighted by atomic mass is 10.2. The summed E-state index contributed by atoms with van der Waals surface area (Å²) in [6, 6.07) is 9.52. The summed E-state index contributed by atoms with van der Waals surface area (Å²) < 4.78 is 13.4. The summed E-state index contributed by atoms with van der Waals surface area (Å²) in [5.41, 5.74) is -0.0637. The molecule has 0 aliphatic heterocycles. The molecule has 6 heteroatoms. The average Bonchev–Trinajstić information content (AvgIpc) is 2.97. The molecule has 0 spiro atoms. The molecule has 2 aromatic rings. The minimum absolute atomic E-state index is 0.0637. The van der Waals surface area contributed by atoms with Gasteiger partial charge in [0, 0.05) is 11.9 Å². The van der Waals surface area contributed by atoms with Crippen molar-refractivity contribution in [2.24, 2.45) is 0 Å². The molecule has 21 heavy (non-hydrogen) atoms. The van der Waals surface area contributed by atoms with Gasteiger partial charge >= 0.3 is 0 Å². The molecule has 0 atom stereocenters. The molecule has 0 saturated carbocycles. The molecule has 0 fully saturated rings. The van der Waals surface area contributed by atoms with E-state index < -0.39 is 11.7 Å². The van der Waals surface area contributed by atoms with E-state index >= 15 is 0 Å². The Morgan fingerprint density at radius 1 is 1.24 bits per heavy atom. The number of thiophene rings is 1. The van der Waals surface area contributed by atoms with E-state index in [-0.39, 0.29) is 18.0 Å². The molecular weight excluding hydrogens is 291 g/mol. The highest BCUT2D eigenvalue weighted by Gasteiger charge is 2.14. The third-order valence-electron chi connectivity index (χ3n) is 2.92. The molecule has 0 radical (unpaired) electrons. The number of benzene rings is 1. The van der Waals surface area contributed by atoms with Crippen LogP contribution in [0.1, 0.15) is 15.2 Å². The van der Waals surface area contributed by atoms with Crippen LogP contribution in [0.4, 0.5) is 4.39 Å². The third kappa shape index (κ3) is 4.13. The monoisotopic (exact) mass is 306 g/mol. The Morgan fingerprint density at radius 3 is 2.67 bits per heavy atom. The van der Waals surface area contributed by atoms with Gasteiger partial charge in [0.2, 0.25) is 5.91 Å². The maximum atomic E-state index is 13.4. The molecule has 0 unspecified atom stereocenters. The lowest BCUT2D eigenvalue weighted by Crippen LogP contribution is -2.37. The van der Waals surface area contributed by atoms with Gasteiger partial charge in [0.25, 0.3) is 5.91 Å². The minimum atomic E-state index is -0.602. The quantitative estimate of drug-likeness (QED) is 0.921. The van der Waals surface area contributed by atoms with E-state index in [1.54, 1.807) is 24.5 Å². The molecule has 0 aliphatic carbocycles. The SMILES string of the molecule is CN(Cc1cccs1)C(=O)CNC(=O)c1ccccc1F. The fourth-order valence-corrected chi connectivity index (χ4v) is 2.51. The van der Waals surface area contributed by atoms with Gasteiger partial charge in [-0.1, -0.05) is 18.2 Å². The molecule has 2 amide bonds. The smallest absolute Gasteiger partial charge is 0.254 e. The Bertz CT molecular complexity index is 628. The summed E-state index contributed by atoms with van der Waals surface area (Å²) in [5.74, 6) is -1.42. The Hall–Kier alpha value is -2.21. The first-order chi connectivity index (χ1) is 10.1. The van der Waals surface area contributed by atoms with Crippen molar-refractivity contribution in [3.8, 4) is 0 Å². The van der Waals surface area contributed by atoms with E-state index in [4.69, 9.17) is 0 Å². The normalized spacial score (nSPS) is 10.2. The summed E-state index contributed by atoms with van der Waals surface area (Å²) in [5, 5.41) is 4.37. The fourth-order valence-electron chi connectivity index (χ4n) is 1.76. The molecule has 4 nitrogen and oxygen atoms in total. The third-order valence-corrected chi connectivity index (χ3v) is 3.78. The molecule has 2 rings (SSSR count). The zero-order valence-electron chi connectivity index (χ0n) is 11.5. The van der Waals surface area contributed by atoms with Crippen molar-refractivity contribution in [2.45, 2.75) is 6.54 Å². The van der Waals surface area contributed by atoms with Crippen LogP contribution in [0.15, 0.2) is 41.8 Å². The largest absolute Gasteiger partial charge is 0.343 e. The predicted molar refractivity (Wildman–Crippen MR) is 79.5 cm³/mol. The average molecular weight is 306 g/mol. The van der Waals surface area contributed by atoms with Crippen molar-refractivity contribution in [3.63, 3.8) is 0 Å². The predicted octanol–water partition coefficient (Wildman–Crippen LogP) is 2.28. The molecule has 0 saturated heterocycles. The summed E-state index contributed by atoms with van der Waals surface area (Å²) >= 11 is 1.56. The van der Waals surface area contributed by atoms with Crippen molar-refractivity contribution in [1.29, 1.82) is 0 Å². The summed E-state index contributed by atoms with van der Waals surface area (Å²) in [7, 11) is 1.66. The summed E-state index contributed by atoms with van der Waals surface area (Å²) in [6.07, 6.45) is 0. The number of halogens is 1. The van der Waals surface area contributed by atoms with Crippen LogP contribution in [0.2, 0.25) is 0 Å². The first kappa shape index (κ1) is 15.2. The van der Waals surface area contributed by atoms with Gasteiger partial charge in [0.15, 0.2) is 0 Å². The topological polar surface area (TPSA) is 49.4 Å². The molecular formula is C15H15FN2O2S. The zero-order chi connectivity index (χ0) is 15.2. The lowest BCUT2D eigenvalue weighted by molar-refractivity contribution is -0.129. The van der Waals surface area contributed by atoms with Gasteiger partial charge in [0.05, 0.1) is 18.7 Å². The highest BCUT2D eigenvalue weighted by Crippen LogP contribution is 2.10. The van der Waals surface area contributed by atoms with E-state index in [1.807, 2.05) is 17.5 Å². The lowest BCUT2D eigenvalue weighted by Gasteiger charge is -2.16. The molecule has 0 bridgehead atoms. The fraction of sp³-hybridized carbons (Fsp3) is 0.200. The molecule has 1 N–H and O–H groups in total. The number of nitrogens with zero attached hydrogens (tertiary/aromatic N) is 1. The molecule has 110 valence electrons. The Balaban J connectivity index is 1.86. The first-order valence-corrected chi connectivity index (χ1v) is 7.25. The highest BCUT2D eigenvalue weighted by molar-refractivity contribution is 7.09. The zero-order valence-corrected chi connectivity index (χ0v) is 12.3. The number of rotatable bonds is 5. The van der Waals surface area contributed by atoms with E-state index in [2.05, 4.69) is 5.32 Å². The van der Waals surface area contributed by atoms with Crippen LogP contribution in [0.5, 0.6) is 0 Å². The molecule has 0 aliphatic rings. The maximum absolute atomic E-state index is 13.4. The second-order valence-corrected chi connectivity index (χ2v) is 5.52. The molecule has 1 aromatic heterocycles. The van der Waals surface area contributed by atoms with E-state index in [0.717, 1.165) is 4.88 Å². The van der Waals surface area contributed by atoms with Crippen molar-refractivity contribution < 1.29 is 14.0 Å². The molecule has 1 aromatic carbocycles. The van der Waals surface area contributed by atoms with Gasteiger partial charge in [-0.15, -0.1) is 11.3 Å². The Morgan fingerprint density at radius 2 is 2.00 bits per heavy atom. The number of carbonyl (C=O) groups is 2.